The van der Waals surface area contributed by atoms with Gasteiger partial charge in [-0.15, -0.1) is 0 Å². The van der Waals surface area contributed by atoms with E-state index < -0.39 is 0 Å². The van der Waals surface area contributed by atoms with E-state index in [1.165, 1.54) is 31.2 Å². The fraction of sp³-hybridized carbons (Fsp3) is 0.600. The number of hydrogen-bond acceptors (Lipinski definition) is 2. The lowest BCUT2D eigenvalue weighted by Gasteiger charge is -2.17. The molecule has 0 saturated heterocycles. The van der Waals surface area contributed by atoms with E-state index in [0.717, 1.165) is 19.6 Å². The molecule has 2 nitrogen and oxygen atoms in total. The van der Waals surface area contributed by atoms with Crippen molar-refractivity contribution in [2.45, 2.75) is 32.2 Å². The van der Waals surface area contributed by atoms with E-state index in [0.29, 0.717) is 0 Å². The van der Waals surface area contributed by atoms with Crippen molar-refractivity contribution in [3.05, 3.63) is 34.9 Å². The fourth-order valence-electron chi connectivity index (χ4n) is 2.43. The Morgan fingerprint density at radius 3 is 2.65 bits per heavy atom. The highest BCUT2D eigenvalue weighted by Crippen LogP contribution is 2.22. The van der Waals surface area contributed by atoms with Crippen molar-refractivity contribution < 1.29 is 0 Å². The minimum absolute atomic E-state index is 1.00. The van der Waals surface area contributed by atoms with Crippen LogP contribution in [-0.4, -0.2) is 32.1 Å². The number of nitrogens with zero attached hydrogens (tertiary/aromatic N) is 1. The largest absolute Gasteiger partial charge is 0.311 e. The molecule has 1 aliphatic rings. The highest BCUT2D eigenvalue weighted by molar-refractivity contribution is 5.33. The first-order chi connectivity index (χ1) is 8.25. The van der Waals surface area contributed by atoms with Gasteiger partial charge in [-0.3, -0.25) is 0 Å². The standard InChI is InChI=1S/C15H24N2/c1-17(2)10-9-16-12-13-7-8-14-5-3-4-6-15(14)11-13/h7-8,11,16H,3-6,9-10,12H2,1-2H3. The Bertz CT molecular complexity index is 358. The number of fused-ring (bicyclic) bond motifs is 1. The van der Waals surface area contributed by atoms with Crippen LogP contribution >= 0.6 is 0 Å². The zero-order valence-corrected chi connectivity index (χ0v) is 11.1. The summed E-state index contributed by atoms with van der Waals surface area (Å²) in [4.78, 5) is 2.21. The summed E-state index contributed by atoms with van der Waals surface area (Å²) in [6.07, 6.45) is 5.29. The van der Waals surface area contributed by atoms with Crippen molar-refractivity contribution in [2.75, 3.05) is 27.2 Å². The van der Waals surface area contributed by atoms with Gasteiger partial charge in [0.1, 0.15) is 0 Å². The fourth-order valence-corrected chi connectivity index (χ4v) is 2.43. The predicted molar refractivity (Wildman–Crippen MR) is 73.3 cm³/mol. The molecule has 2 rings (SSSR count). The summed E-state index contributed by atoms with van der Waals surface area (Å²) in [6, 6.07) is 7.02. The molecule has 2 heteroatoms. The maximum Gasteiger partial charge on any atom is 0.0206 e. The van der Waals surface area contributed by atoms with E-state index in [1.807, 2.05) is 0 Å². The second-order valence-corrected chi connectivity index (χ2v) is 5.29. The van der Waals surface area contributed by atoms with Crippen LogP contribution in [0.2, 0.25) is 0 Å². The van der Waals surface area contributed by atoms with Crippen LogP contribution in [0, 0.1) is 0 Å². The molecule has 94 valence electrons. The topological polar surface area (TPSA) is 15.3 Å². The summed E-state index contributed by atoms with van der Waals surface area (Å²) in [5.41, 5.74) is 4.60. The number of rotatable bonds is 5. The van der Waals surface area contributed by atoms with E-state index in [-0.39, 0.29) is 0 Å². The second kappa shape index (κ2) is 6.18. The number of benzene rings is 1. The molecule has 17 heavy (non-hydrogen) atoms. The van der Waals surface area contributed by atoms with Crippen LogP contribution in [-0.2, 0) is 19.4 Å². The van der Waals surface area contributed by atoms with Gasteiger partial charge >= 0.3 is 0 Å². The lowest BCUT2D eigenvalue weighted by Crippen LogP contribution is -2.26. The first-order valence-electron chi connectivity index (χ1n) is 6.72. The van der Waals surface area contributed by atoms with Gasteiger partial charge in [0, 0.05) is 19.6 Å². The summed E-state index contributed by atoms with van der Waals surface area (Å²) in [6.45, 7) is 3.16. The van der Waals surface area contributed by atoms with Crippen LogP contribution in [0.3, 0.4) is 0 Å². The monoisotopic (exact) mass is 232 g/mol. The molecule has 0 heterocycles. The maximum atomic E-state index is 3.50. The smallest absolute Gasteiger partial charge is 0.0206 e. The van der Waals surface area contributed by atoms with Crippen molar-refractivity contribution in [3.8, 4) is 0 Å². The molecule has 0 amide bonds. The molecule has 0 aliphatic heterocycles. The van der Waals surface area contributed by atoms with Gasteiger partial charge in [-0.05, 0) is 56.5 Å². The molecular weight excluding hydrogens is 208 g/mol. The first kappa shape index (κ1) is 12.6. The Kier molecular flexibility index (Phi) is 4.57. The molecule has 0 spiro atoms. The Morgan fingerprint density at radius 1 is 1.12 bits per heavy atom. The molecule has 0 radical (unpaired) electrons. The van der Waals surface area contributed by atoms with Crippen LogP contribution < -0.4 is 5.32 Å². The molecule has 0 fully saturated rings. The second-order valence-electron chi connectivity index (χ2n) is 5.29. The van der Waals surface area contributed by atoms with Crippen molar-refractivity contribution >= 4 is 0 Å². The molecule has 1 aliphatic carbocycles. The lowest BCUT2D eigenvalue weighted by molar-refractivity contribution is 0.400. The Labute approximate surface area is 105 Å². The van der Waals surface area contributed by atoms with E-state index >= 15 is 0 Å². The minimum atomic E-state index is 1.00. The summed E-state index contributed by atoms with van der Waals surface area (Å²) in [5.74, 6) is 0. The lowest BCUT2D eigenvalue weighted by atomic mass is 9.90. The number of hydrogen-bond donors (Lipinski definition) is 1. The average molecular weight is 232 g/mol. The zero-order chi connectivity index (χ0) is 12.1. The van der Waals surface area contributed by atoms with Gasteiger partial charge in [0.25, 0.3) is 0 Å². The molecular formula is C15H24N2. The molecule has 0 atom stereocenters. The van der Waals surface area contributed by atoms with Crippen LogP contribution in [0.1, 0.15) is 29.5 Å². The molecule has 0 aromatic heterocycles. The van der Waals surface area contributed by atoms with Crippen LogP contribution in [0.4, 0.5) is 0 Å². The first-order valence-corrected chi connectivity index (χ1v) is 6.72. The van der Waals surface area contributed by atoms with Gasteiger partial charge in [0.2, 0.25) is 0 Å². The SMILES string of the molecule is CN(C)CCNCc1ccc2c(c1)CCCC2. The van der Waals surface area contributed by atoms with E-state index in [1.54, 1.807) is 11.1 Å². The van der Waals surface area contributed by atoms with E-state index in [4.69, 9.17) is 0 Å². The van der Waals surface area contributed by atoms with Crippen molar-refractivity contribution in [2.24, 2.45) is 0 Å². The van der Waals surface area contributed by atoms with Crippen LogP contribution in [0.25, 0.3) is 0 Å². The third-order valence-corrected chi connectivity index (χ3v) is 3.48. The molecule has 0 bridgehead atoms. The van der Waals surface area contributed by atoms with E-state index in [2.05, 4.69) is 42.5 Å². The van der Waals surface area contributed by atoms with Crippen molar-refractivity contribution in [1.82, 2.24) is 10.2 Å². The van der Waals surface area contributed by atoms with Gasteiger partial charge in [-0.1, -0.05) is 18.2 Å². The Balaban J connectivity index is 1.85. The summed E-state index contributed by atoms with van der Waals surface area (Å²) < 4.78 is 0. The molecule has 1 N–H and O–H groups in total. The predicted octanol–water partition coefficient (Wildman–Crippen LogP) is 2.22. The van der Waals surface area contributed by atoms with Gasteiger partial charge in [-0.25, -0.2) is 0 Å². The highest BCUT2D eigenvalue weighted by Gasteiger charge is 2.08. The summed E-state index contributed by atoms with van der Waals surface area (Å²) in [5, 5.41) is 3.50. The molecule has 0 unspecified atom stereocenters. The summed E-state index contributed by atoms with van der Waals surface area (Å²) in [7, 11) is 4.22. The van der Waals surface area contributed by atoms with Crippen LogP contribution in [0.5, 0.6) is 0 Å². The maximum absolute atomic E-state index is 3.50. The number of likely N-dealkylation sites (N-methyl/N-ethyl adjacent to an activating group) is 1. The zero-order valence-electron chi connectivity index (χ0n) is 11.1. The van der Waals surface area contributed by atoms with E-state index in [9.17, 15) is 0 Å². The Hall–Kier alpha value is -0.860. The average Bonchev–Trinajstić information content (AvgIpc) is 2.34. The quantitative estimate of drug-likeness (QED) is 0.783. The molecule has 1 aromatic carbocycles. The van der Waals surface area contributed by atoms with Crippen molar-refractivity contribution in [1.29, 1.82) is 0 Å². The number of nitrogens with one attached hydrogen (secondary N) is 1. The van der Waals surface area contributed by atoms with Gasteiger partial charge in [0.15, 0.2) is 0 Å². The highest BCUT2D eigenvalue weighted by atomic mass is 15.1. The van der Waals surface area contributed by atoms with Gasteiger partial charge in [-0.2, -0.15) is 0 Å². The molecule has 0 saturated carbocycles. The minimum Gasteiger partial charge on any atom is -0.311 e. The Morgan fingerprint density at radius 2 is 1.88 bits per heavy atom. The third kappa shape index (κ3) is 3.83. The normalized spacial score (nSPS) is 15.0. The number of aryl methyl sites for hydroxylation is 2. The van der Waals surface area contributed by atoms with Gasteiger partial charge < -0.3 is 10.2 Å². The summed E-state index contributed by atoms with van der Waals surface area (Å²) >= 11 is 0. The molecule has 1 aromatic rings. The third-order valence-electron chi connectivity index (χ3n) is 3.48. The van der Waals surface area contributed by atoms with Crippen molar-refractivity contribution in [3.63, 3.8) is 0 Å². The van der Waals surface area contributed by atoms with Crippen LogP contribution in [0.15, 0.2) is 18.2 Å². The van der Waals surface area contributed by atoms with Gasteiger partial charge in [0.05, 0.1) is 0 Å².